The van der Waals surface area contributed by atoms with Gasteiger partial charge < -0.3 is 25.4 Å². The van der Waals surface area contributed by atoms with Gasteiger partial charge in [0.05, 0.1) is 0 Å². The molecule has 1 aliphatic rings. The number of phenols is 1. The SMILES string of the molecule is CCCC(C)NC(=O)C(c1ccc(O)cc1)N(C(=O)C(CC(C)C)NC(=O)OC(C)(C)C)C1CCC1. The van der Waals surface area contributed by atoms with Gasteiger partial charge in [0.25, 0.3) is 0 Å². The molecule has 3 amide bonds. The molecule has 3 N–H and O–H groups in total. The van der Waals surface area contributed by atoms with Crippen LogP contribution in [0.15, 0.2) is 24.3 Å². The van der Waals surface area contributed by atoms with E-state index in [1.54, 1.807) is 37.8 Å². The molecule has 0 heterocycles. The highest BCUT2D eigenvalue weighted by atomic mass is 16.6. The zero-order valence-corrected chi connectivity index (χ0v) is 23.0. The highest BCUT2D eigenvalue weighted by Gasteiger charge is 2.42. The van der Waals surface area contributed by atoms with Crippen LogP contribution in [0, 0.1) is 5.92 Å². The number of rotatable bonds is 11. The Hall–Kier alpha value is -2.77. The Kier molecular flexibility index (Phi) is 10.6. The zero-order chi connectivity index (χ0) is 27.0. The number of hydrogen-bond acceptors (Lipinski definition) is 5. The molecule has 0 spiro atoms. The Morgan fingerprint density at radius 3 is 2.17 bits per heavy atom. The number of hydrogen-bond donors (Lipinski definition) is 3. The van der Waals surface area contributed by atoms with Gasteiger partial charge in [-0.25, -0.2) is 4.79 Å². The van der Waals surface area contributed by atoms with Crippen LogP contribution in [0.2, 0.25) is 0 Å². The van der Waals surface area contributed by atoms with Crippen LogP contribution >= 0.6 is 0 Å². The summed E-state index contributed by atoms with van der Waals surface area (Å²) in [5, 5.41) is 15.7. The third-order valence-electron chi connectivity index (χ3n) is 6.26. The minimum absolute atomic E-state index is 0.0493. The second kappa shape index (κ2) is 13.0. The van der Waals surface area contributed by atoms with E-state index in [1.165, 1.54) is 12.1 Å². The van der Waals surface area contributed by atoms with Crippen LogP contribution in [0.3, 0.4) is 0 Å². The molecule has 1 aromatic carbocycles. The largest absolute Gasteiger partial charge is 0.508 e. The third-order valence-corrected chi connectivity index (χ3v) is 6.26. The first kappa shape index (κ1) is 29.5. The lowest BCUT2D eigenvalue weighted by atomic mass is 9.87. The molecule has 0 radical (unpaired) electrons. The maximum absolute atomic E-state index is 14.1. The fourth-order valence-electron chi connectivity index (χ4n) is 4.43. The van der Waals surface area contributed by atoms with Crippen molar-refractivity contribution in [2.45, 2.75) is 117 Å². The zero-order valence-electron chi connectivity index (χ0n) is 23.0. The van der Waals surface area contributed by atoms with E-state index < -0.39 is 23.8 Å². The summed E-state index contributed by atoms with van der Waals surface area (Å²) in [6.45, 7) is 13.3. The molecule has 0 aliphatic heterocycles. The fourth-order valence-corrected chi connectivity index (χ4v) is 4.43. The van der Waals surface area contributed by atoms with Gasteiger partial charge in [-0.15, -0.1) is 0 Å². The first-order valence-corrected chi connectivity index (χ1v) is 13.2. The third kappa shape index (κ3) is 8.71. The molecule has 3 unspecified atom stereocenters. The van der Waals surface area contributed by atoms with Crippen molar-refractivity contribution in [3.05, 3.63) is 29.8 Å². The number of carbonyl (C=O) groups excluding carboxylic acids is 3. The molecule has 0 bridgehead atoms. The van der Waals surface area contributed by atoms with E-state index in [1.807, 2.05) is 20.8 Å². The molecule has 8 heteroatoms. The molecule has 2 rings (SSSR count). The van der Waals surface area contributed by atoms with Crippen LogP contribution in [0.4, 0.5) is 4.79 Å². The number of alkyl carbamates (subject to hydrolysis) is 1. The molecule has 3 atom stereocenters. The highest BCUT2D eigenvalue weighted by molar-refractivity contribution is 5.92. The van der Waals surface area contributed by atoms with Crippen molar-refractivity contribution >= 4 is 17.9 Å². The van der Waals surface area contributed by atoms with Crippen molar-refractivity contribution in [2.75, 3.05) is 0 Å². The number of aromatic hydroxyl groups is 1. The summed E-state index contributed by atoms with van der Waals surface area (Å²) < 4.78 is 5.44. The Labute approximate surface area is 216 Å². The topological polar surface area (TPSA) is 108 Å². The van der Waals surface area contributed by atoms with Gasteiger partial charge in [0.15, 0.2) is 0 Å². The summed E-state index contributed by atoms with van der Waals surface area (Å²) in [6, 6.07) is 4.55. The Balaban J connectivity index is 2.46. The molecular formula is C28H45N3O5. The number of amides is 3. The number of benzene rings is 1. The van der Waals surface area contributed by atoms with E-state index in [4.69, 9.17) is 4.74 Å². The van der Waals surface area contributed by atoms with Gasteiger partial charge in [0.1, 0.15) is 23.4 Å². The van der Waals surface area contributed by atoms with Crippen LogP contribution in [-0.2, 0) is 14.3 Å². The molecule has 0 aromatic heterocycles. The molecule has 36 heavy (non-hydrogen) atoms. The summed E-state index contributed by atoms with van der Waals surface area (Å²) in [5.74, 6) is -0.344. The molecule has 1 fully saturated rings. The average Bonchev–Trinajstić information content (AvgIpc) is 2.70. The van der Waals surface area contributed by atoms with Crippen LogP contribution in [0.1, 0.15) is 98.6 Å². The van der Waals surface area contributed by atoms with Gasteiger partial charge in [-0.1, -0.05) is 39.3 Å². The second-order valence-electron chi connectivity index (χ2n) is 11.4. The summed E-state index contributed by atoms with van der Waals surface area (Å²) in [7, 11) is 0. The predicted octanol–water partition coefficient (Wildman–Crippen LogP) is 5.06. The smallest absolute Gasteiger partial charge is 0.408 e. The summed E-state index contributed by atoms with van der Waals surface area (Å²) in [4.78, 5) is 42.1. The van der Waals surface area contributed by atoms with E-state index in [9.17, 15) is 19.5 Å². The van der Waals surface area contributed by atoms with Crippen molar-refractivity contribution in [1.29, 1.82) is 0 Å². The van der Waals surface area contributed by atoms with E-state index in [2.05, 4.69) is 17.6 Å². The van der Waals surface area contributed by atoms with Crippen molar-refractivity contribution in [1.82, 2.24) is 15.5 Å². The molecule has 0 saturated heterocycles. The van der Waals surface area contributed by atoms with E-state index in [-0.39, 0.29) is 35.6 Å². The van der Waals surface area contributed by atoms with Gasteiger partial charge in [-0.05, 0) is 83.4 Å². The standard InChI is InChI=1S/C28H45N3O5/c1-8-10-19(4)29-25(33)24(20-13-15-22(32)16-14-20)31(21-11-9-12-21)26(34)23(17-18(2)3)30-27(35)36-28(5,6)7/h13-16,18-19,21,23-24,32H,8-12,17H2,1-7H3,(H,29,33)(H,30,35). The molecule has 202 valence electrons. The van der Waals surface area contributed by atoms with Crippen molar-refractivity contribution < 1.29 is 24.2 Å². The highest BCUT2D eigenvalue weighted by Crippen LogP contribution is 2.34. The van der Waals surface area contributed by atoms with Gasteiger partial charge in [0.2, 0.25) is 11.8 Å². The number of nitrogens with one attached hydrogen (secondary N) is 2. The van der Waals surface area contributed by atoms with Crippen LogP contribution in [-0.4, -0.2) is 51.6 Å². The van der Waals surface area contributed by atoms with Crippen LogP contribution in [0.25, 0.3) is 0 Å². The lowest BCUT2D eigenvalue weighted by Crippen LogP contribution is -2.58. The molecule has 1 saturated carbocycles. The first-order chi connectivity index (χ1) is 16.8. The number of carbonyl (C=O) groups is 3. The summed E-state index contributed by atoms with van der Waals surface area (Å²) in [5.41, 5.74) is -0.0811. The van der Waals surface area contributed by atoms with Crippen molar-refractivity contribution in [3.63, 3.8) is 0 Å². The lowest BCUT2D eigenvalue weighted by Gasteiger charge is -2.44. The van der Waals surface area contributed by atoms with E-state index >= 15 is 0 Å². The molecule has 1 aromatic rings. The average molecular weight is 504 g/mol. The molecule has 1 aliphatic carbocycles. The van der Waals surface area contributed by atoms with Gasteiger partial charge in [-0.3, -0.25) is 9.59 Å². The summed E-state index contributed by atoms with van der Waals surface area (Å²) in [6.07, 6.45) is 4.06. The Morgan fingerprint density at radius 1 is 1.08 bits per heavy atom. The first-order valence-electron chi connectivity index (χ1n) is 13.2. The lowest BCUT2D eigenvalue weighted by molar-refractivity contribution is -0.148. The van der Waals surface area contributed by atoms with Crippen LogP contribution in [0.5, 0.6) is 5.75 Å². The quantitative estimate of drug-likeness (QED) is 0.391. The Bertz CT molecular complexity index is 874. The predicted molar refractivity (Wildman–Crippen MR) is 140 cm³/mol. The van der Waals surface area contributed by atoms with Crippen LogP contribution < -0.4 is 10.6 Å². The van der Waals surface area contributed by atoms with E-state index in [0.717, 1.165) is 32.1 Å². The maximum atomic E-state index is 14.1. The number of phenolic OH excluding ortho intramolecular Hbond substituents is 1. The summed E-state index contributed by atoms with van der Waals surface area (Å²) >= 11 is 0. The van der Waals surface area contributed by atoms with Crippen molar-refractivity contribution in [2.24, 2.45) is 5.92 Å². The number of nitrogens with zero attached hydrogens (tertiary/aromatic N) is 1. The molecular weight excluding hydrogens is 458 g/mol. The maximum Gasteiger partial charge on any atom is 0.408 e. The van der Waals surface area contributed by atoms with Gasteiger partial charge >= 0.3 is 6.09 Å². The van der Waals surface area contributed by atoms with Gasteiger partial charge in [0, 0.05) is 12.1 Å². The fraction of sp³-hybridized carbons (Fsp3) is 0.679. The van der Waals surface area contributed by atoms with Crippen molar-refractivity contribution in [3.8, 4) is 5.75 Å². The minimum atomic E-state index is -0.877. The monoisotopic (exact) mass is 503 g/mol. The van der Waals surface area contributed by atoms with Gasteiger partial charge in [-0.2, -0.15) is 0 Å². The normalized spacial score (nSPS) is 16.4. The second-order valence-corrected chi connectivity index (χ2v) is 11.4. The minimum Gasteiger partial charge on any atom is -0.508 e. The Morgan fingerprint density at radius 2 is 1.69 bits per heavy atom. The number of ether oxygens (including phenoxy) is 1. The van der Waals surface area contributed by atoms with E-state index in [0.29, 0.717) is 12.0 Å². The molecule has 8 nitrogen and oxygen atoms in total.